The third-order valence-electron chi connectivity index (χ3n) is 3.66. The van der Waals surface area contributed by atoms with Crippen LogP contribution in [0.4, 0.5) is 4.79 Å². The van der Waals surface area contributed by atoms with Crippen molar-refractivity contribution in [1.29, 1.82) is 0 Å². The molecule has 1 rings (SSSR count). The van der Waals surface area contributed by atoms with Crippen molar-refractivity contribution in [2.24, 2.45) is 5.92 Å². The topological polar surface area (TPSA) is 113 Å². The van der Waals surface area contributed by atoms with Gasteiger partial charge in [-0.2, -0.15) is 0 Å². The van der Waals surface area contributed by atoms with Crippen LogP contribution in [0.1, 0.15) is 38.5 Å². The summed E-state index contributed by atoms with van der Waals surface area (Å²) in [5.74, 6) is -1.05. The molecule has 0 aromatic heterocycles. The van der Waals surface area contributed by atoms with E-state index in [2.05, 4.69) is 10.6 Å². The Hall–Kier alpha value is -1.31. The third-order valence-corrected chi connectivity index (χ3v) is 4.63. The predicted octanol–water partition coefficient (Wildman–Crippen LogP) is 0.754. The lowest BCUT2D eigenvalue weighted by molar-refractivity contribution is -0.139. The van der Waals surface area contributed by atoms with Crippen molar-refractivity contribution in [3.05, 3.63) is 0 Å². The molecule has 1 aliphatic rings. The molecule has 0 spiro atoms. The molecular formula is C13H24N2O5S. The molecule has 1 unspecified atom stereocenters. The summed E-state index contributed by atoms with van der Waals surface area (Å²) in [5.41, 5.74) is 0. The van der Waals surface area contributed by atoms with Crippen molar-refractivity contribution in [3.63, 3.8) is 0 Å². The summed E-state index contributed by atoms with van der Waals surface area (Å²) >= 11 is 0. The quantitative estimate of drug-likeness (QED) is 0.641. The Morgan fingerprint density at radius 2 is 1.86 bits per heavy atom. The first-order valence-electron chi connectivity index (χ1n) is 7.23. The summed E-state index contributed by atoms with van der Waals surface area (Å²) in [6.45, 7) is 0.532. The zero-order valence-corrected chi connectivity index (χ0v) is 13.1. The number of carbonyl (C=O) groups is 2. The average Bonchev–Trinajstić information content (AvgIpc) is 2.41. The lowest BCUT2D eigenvalue weighted by Gasteiger charge is -2.22. The number of nitrogens with one attached hydrogen (secondary N) is 2. The smallest absolute Gasteiger partial charge is 0.326 e. The second-order valence-electron chi connectivity index (χ2n) is 5.67. The average molecular weight is 320 g/mol. The van der Waals surface area contributed by atoms with Crippen molar-refractivity contribution >= 4 is 21.8 Å². The van der Waals surface area contributed by atoms with Crippen LogP contribution in [0.2, 0.25) is 0 Å². The standard InChI is InChI=1S/C13H24N2O5S/c1-21(19,20)8-7-11(12(16)17)15-13(18)14-9-10-5-3-2-4-6-10/h10-11H,2-9H2,1H3,(H,16,17)(H2,14,15,18). The number of aliphatic carboxylic acids is 1. The SMILES string of the molecule is CS(=O)(=O)CCC(NC(=O)NCC1CCCCC1)C(=O)O. The molecule has 3 N–H and O–H groups in total. The van der Waals surface area contributed by atoms with Gasteiger partial charge in [0.15, 0.2) is 0 Å². The summed E-state index contributed by atoms with van der Waals surface area (Å²) in [5, 5.41) is 14.0. The molecule has 0 heterocycles. The van der Waals surface area contributed by atoms with Gasteiger partial charge in [-0.05, 0) is 25.2 Å². The number of carboxylic acids is 1. The Bertz CT molecular complexity index is 457. The molecule has 122 valence electrons. The van der Waals surface area contributed by atoms with Gasteiger partial charge >= 0.3 is 12.0 Å². The van der Waals surface area contributed by atoms with Crippen LogP contribution < -0.4 is 10.6 Å². The van der Waals surface area contributed by atoms with E-state index in [0.717, 1.165) is 19.1 Å². The van der Waals surface area contributed by atoms with Gasteiger partial charge in [-0.25, -0.2) is 18.0 Å². The van der Waals surface area contributed by atoms with E-state index < -0.39 is 27.9 Å². The molecule has 1 aliphatic carbocycles. The first-order chi connectivity index (χ1) is 9.78. The summed E-state index contributed by atoms with van der Waals surface area (Å²) in [6.07, 6.45) is 6.63. The van der Waals surface area contributed by atoms with Crippen LogP contribution in [0.15, 0.2) is 0 Å². The van der Waals surface area contributed by atoms with Crippen LogP contribution in [0.25, 0.3) is 0 Å². The van der Waals surface area contributed by atoms with E-state index >= 15 is 0 Å². The van der Waals surface area contributed by atoms with Crippen LogP contribution in [-0.2, 0) is 14.6 Å². The number of amides is 2. The maximum atomic E-state index is 11.7. The Morgan fingerprint density at radius 1 is 1.24 bits per heavy atom. The summed E-state index contributed by atoms with van der Waals surface area (Å²) in [4.78, 5) is 22.7. The molecule has 0 saturated heterocycles. The fourth-order valence-electron chi connectivity index (χ4n) is 2.43. The minimum atomic E-state index is -3.25. The Labute approximate surface area is 125 Å². The number of sulfone groups is 1. The molecule has 1 saturated carbocycles. The highest BCUT2D eigenvalue weighted by molar-refractivity contribution is 7.90. The number of hydrogen-bond donors (Lipinski definition) is 3. The van der Waals surface area contributed by atoms with Gasteiger partial charge in [-0.1, -0.05) is 19.3 Å². The van der Waals surface area contributed by atoms with Gasteiger partial charge in [-0.3, -0.25) is 0 Å². The molecule has 0 aromatic rings. The molecule has 1 fully saturated rings. The Morgan fingerprint density at radius 3 is 2.38 bits per heavy atom. The maximum absolute atomic E-state index is 11.7. The second kappa shape index (κ2) is 8.21. The first-order valence-corrected chi connectivity index (χ1v) is 9.29. The Kier molecular flexibility index (Phi) is 6.94. The van der Waals surface area contributed by atoms with Gasteiger partial charge in [0, 0.05) is 12.8 Å². The fraction of sp³-hybridized carbons (Fsp3) is 0.846. The lowest BCUT2D eigenvalue weighted by Crippen LogP contribution is -2.47. The van der Waals surface area contributed by atoms with Crippen LogP contribution in [0, 0.1) is 5.92 Å². The highest BCUT2D eigenvalue weighted by Crippen LogP contribution is 2.22. The van der Waals surface area contributed by atoms with E-state index in [-0.39, 0.29) is 12.2 Å². The monoisotopic (exact) mass is 320 g/mol. The van der Waals surface area contributed by atoms with Crippen molar-refractivity contribution < 1.29 is 23.1 Å². The van der Waals surface area contributed by atoms with Gasteiger partial charge in [-0.15, -0.1) is 0 Å². The van der Waals surface area contributed by atoms with E-state index in [9.17, 15) is 18.0 Å². The van der Waals surface area contributed by atoms with Crippen molar-refractivity contribution in [1.82, 2.24) is 10.6 Å². The van der Waals surface area contributed by atoms with E-state index in [1.54, 1.807) is 0 Å². The highest BCUT2D eigenvalue weighted by atomic mass is 32.2. The fourth-order valence-corrected chi connectivity index (χ4v) is 3.09. The number of urea groups is 1. The molecule has 0 aromatic carbocycles. The minimum absolute atomic E-state index is 0.134. The predicted molar refractivity (Wildman–Crippen MR) is 78.9 cm³/mol. The molecule has 7 nitrogen and oxygen atoms in total. The Balaban J connectivity index is 2.35. The molecule has 0 radical (unpaired) electrons. The van der Waals surface area contributed by atoms with Gasteiger partial charge in [0.1, 0.15) is 15.9 Å². The zero-order chi connectivity index (χ0) is 15.9. The van der Waals surface area contributed by atoms with Gasteiger partial charge in [0.25, 0.3) is 0 Å². The number of carbonyl (C=O) groups excluding carboxylic acids is 1. The second-order valence-corrected chi connectivity index (χ2v) is 7.93. The largest absolute Gasteiger partial charge is 0.480 e. The van der Waals surface area contributed by atoms with E-state index in [4.69, 9.17) is 5.11 Å². The molecule has 2 amide bonds. The minimum Gasteiger partial charge on any atom is -0.480 e. The number of rotatable bonds is 7. The molecule has 0 bridgehead atoms. The maximum Gasteiger partial charge on any atom is 0.326 e. The van der Waals surface area contributed by atoms with E-state index in [1.807, 2.05) is 0 Å². The first kappa shape index (κ1) is 17.7. The molecule has 21 heavy (non-hydrogen) atoms. The van der Waals surface area contributed by atoms with Crippen LogP contribution in [-0.4, -0.2) is 50.1 Å². The van der Waals surface area contributed by atoms with Gasteiger partial charge < -0.3 is 15.7 Å². The van der Waals surface area contributed by atoms with E-state index in [1.165, 1.54) is 19.3 Å². The molecular weight excluding hydrogens is 296 g/mol. The van der Waals surface area contributed by atoms with Gasteiger partial charge in [0.2, 0.25) is 0 Å². The normalized spacial score (nSPS) is 18.0. The molecule has 1 atom stereocenters. The van der Waals surface area contributed by atoms with E-state index in [0.29, 0.717) is 12.5 Å². The number of hydrogen-bond acceptors (Lipinski definition) is 4. The van der Waals surface area contributed by atoms with Gasteiger partial charge in [0.05, 0.1) is 5.75 Å². The third kappa shape index (κ3) is 7.89. The number of carboxylic acid groups (broad SMARTS) is 1. The zero-order valence-electron chi connectivity index (χ0n) is 12.3. The summed E-state index contributed by atoms with van der Waals surface area (Å²) in [7, 11) is -3.25. The summed E-state index contributed by atoms with van der Waals surface area (Å²) in [6, 6.07) is -1.74. The highest BCUT2D eigenvalue weighted by Gasteiger charge is 2.22. The molecule has 0 aliphatic heterocycles. The van der Waals surface area contributed by atoms with Crippen molar-refractivity contribution in [3.8, 4) is 0 Å². The van der Waals surface area contributed by atoms with Crippen LogP contribution in [0.5, 0.6) is 0 Å². The van der Waals surface area contributed by atoms with Crippen molar-refractivity contribution in [2.45, 2.75) is 44.6 Å². The van der Waals surface area contributed by atoms with Crippen molar-refractivity contribution in [2.75, 3.05) is 18.6 Å². The summed E-state index contributed by atoms with van der Waals surface area (Å²) < 4.78 is 22.1. The molecule has 8 heteroatoms. The van der Waals surface area contributed by atoms with Crippen LogP contribution in [0.3, 0.4) is 0 Å². The van der Waals surface area contributed by atoms with Crippen LogP contribution >= 0.6 is 0 Å². The lowest BCUT2D eigenvalue weighted by atomic mass is 9.89.